The third kappa shape index (κ3) is 0.791. The zero-order valence-electron chi connectivity index (χ0n) is 9.41. The first-order chi connectivity index (χ1) is 8.25. The Morgan fingerprint density at radius 3 is 1.94 bits per heavy atom. The van der Waals surface area contributed by atoms with E-state index < -0.39 is 0 Å². The van der Waals surface area contributed by atoms with Crippen molar-refractivity contribution in [1.82, 2.24) is 0 Å². The van der Waals surface area contributed by atoms with Gasteiger partial charge in [0.15, 0.2) is 0 Å². The van der Waals surface area contributed by atoms with Gasteiger partial charge in [0, 0.05) is 0 Å². The van der Waals surface area contributed by atoms with Crippen LogP contribution in [-0.4, -0.2) is 11.9 Å². The molecule has 0 aromatic rings. The van der Waals surface area contributed by atoms with Crippen LogP contribution in [0.15, 0.2) is 12.2 Å². The summed E-state index contributed by atoms with van der Waals surface area (Å²) < 4.78 is 4.87. The van der Waals surface area contributed by atoms with Crippen LogP contribution in [0.2, 0.25) is 0 Å². The molecule has 0 spiro atoms. The van der Waals surface area contributed by atoms with Crippen LogP contribution in [0.4, 0.5) is 0 Å². The number of rotatable bonds is 0. The highest BCUT2D eigenvalue weighted by Crippen LogP contribution is 2.69. The molecule has 17 heavy (non-hydrogen) atoms. The highest BCUT2D eigenvalue weighted by atomic mass is 16.6. The number of hydrogen-bond acceptors (Lipinski definition) is 3. The highest BCUT2D eigenvalue weighted by molar-refractivity contribution is 5.97. The maximum absolute atomic E-state index is 11.8. The lowest BCUT2D eigenvalue weighted by Gasteiger charge is -2.35. The third-order valence-electron chi connectivity index (χ3n) is 6.17. The van der Waals surface area contributed by atoms with Crippen LogP contribution in [0.3, 0.4) is 0 Å². The van der Waals surface area contributed by atoms with Crippen LogP contribution in [0, 0.1) is 47.3 Å². The second-order valence-electron chi connectivity index (χ2n) is 6.46. The quantitative estimate of drug-likeness (QED) is 0.273. The van der Waals surface area contributed by atoms with Crippen LogP contribution in [-0.2, 0) is 14.3 Å². The number of allylic oxidation sites excluding steroid dienone is 2. The van der Waals surface area contributed by atoms with E-state index in [1.54, 1.807) is 0 Å². The zero-order chi connectivity index (χ0) is 11.3. The lowest BCUT2D eigenvalue weighted by Crippen LogP contribution is -2.38. The molecule has 4 unspecified atom stereocenters. The van der Waals surface area contributed by atoms with Crippen molar-refractivity contribution in [3.05, 3.63) is 12.2 Å². The van der Waals surface area contributed by atoms with Gasteiger partial charge in [0.1, 0.15) is 0 Å². The van der Waals surface area contributed by atoms with Crippen LogP contribution < -0.4 is 0 Å². The first-order valence-corrected chi connectivity index (χ1v) is 6.69. The fourth-order valence-corrected chi connectivity index (χ4v) is 5.92. The summed E-state index contributed by atoms with van der Waals surface area (Å²) in [7, 11) is 0. The molecule has 0 aromatic heterocycles. The van der Waals surface area contributed by atoms with E-state index in [1.165, 1.54) is 6.42 Å². The van der Waals surface area contributed by atoms with Gasteiger partial charge in [-0.15, -0.1) is 0 Å². The average molecular weight is 230 g/mol. The maximum atomic E-state index is 11.8. The van der Waals surface area contributed by atoms with E-state index in [0.29, 0.717) is 35.5 Å². The summed E-state index contributed by atoms with van der Waals surface area (Å²) in [6.45, 7) is 0. The SMILES string of the molecule is O=C1OC(=O)[C@H]2C3CC(C4C3[C@@H]3C=C[C@H]4C3)[C@@H]12. The number of carbonyl (C=O) groups is 2. The van der Waals surface area contributed by atoms with Crippen molar-refractivity contribution >= 4 is 11.9 Å². The number of esters is 2. The van der Waals surface area contributed by atoms with Crippen molar-refractivity contribution in [3.63, 3.8) is 0 Å². The maximum Gasteiger partial charge on any atom is 0.317 e. The summed E-state index contributed by atoms with van der Waals surface area (Å²) in [6.07, 6.45) is 7.07. The Bertz CT molecular complexity index is 440. The minimum absolute atomic E-state index is 0.0819. The molecule has 5 rings (SSSR count). The summed E-state index contributed by atoms with van der Waals surface area (Å²) in [6, 6.07) is 0. The molecule has 3 nitrogen and oxygen atoms in total. The van der Waals surface area contributed by atoms with Crippen molar-refractivity contribution in [2.75, 3.05) is 0 Å². The first-order valence-electron chi connectivity index (χ1n) is 6.69. The predicted molar refractivity (Wildman–Crippen MR) is 57.4 cm³/mol. The molecule has 0 N–H and O–H groups in total. The molecule has 1 heterocycles. The van der Waals surface area contributed by atoms with Gasteiger partial charge in [0.2, 0.25) is 0 Å². The Balaban J connectivity index is 1.64. The Morgan fingerprint density at radius 2 is 1.41 bits per heavy atom. The van der Waals surface area contributed by atoms with E-state index >= 15 is 0 Å². The Labute approximate surface area is 99.2 Å². The van der Waals surface area contributed by atoms with Crippen molar-refractivity contribution in [2.45, 2.75) is 12.8 Å². The molecule has 1 saturated heterocycles. The Morgan fingerprint density at radius 1 is 0.882 bits per heavy atom. The number of hydrogen-bond donors (Lipinski definition) is 0. The second-order valence-corrected chi connectivity index (χ2v) is 6.46. The Kier molecular flexibility index (Phi) is 1.31. The van der Waals surface area contributed by atoms with Crippen molar-refractivity contribution in [2.24, 2.45) is 47.3 Å². The van der Waals surface area contributed by atoms with E-state index in [-0.39, 0.29) is 23.8 Å². The van der Waals surface area contributed by atoms with Gasteiger partial charge in [-0.2, -0.15) is 0 Å². The number of ether oxygens (including phenoxy) is 1. The van der Waals surface area contributed by atoms with E-state index in [9.17, 15) is 9.59 Å². The van der Waals surface area contributed by atoms with Crippen LogP contribution in [0.5, 0.6) is 0 Å². The van der Waals surface area contributed by atoms with Crippen LogP contribution in [0.1, 0.15) is 12.8 Å². The molecule has 4 aliphatic carbocycles. The van der Waals surface area contributed by atoms with Gasteiger partial charge >= 0.3 is 11.9 Å². The fraction of sp³-hybridized carbons (Fsp3) is 0.714. The van der Waals surface area contributed by atoms with Crippen molar-refractivity contribution in [1.29, 1.82) is 0 Å². The van der Waals surface area contributed by atoms with E-state index in [4.69, 9.17) is 4.74 Å². The average Bonchev–Trinajstić information content (AvgIpc) is 3.03. The monoisotopic (exact) mass is 230 g/mol. The largest absolute Gasteiger partial charge is 0.393 e. The van der Waals surface area contributed by atoms with Gasteiger partial charge < -0.3 is 4.74 Å². The van der Waals surface area contributed by atoms with Crippen LogP contribution >= 0.6 is 0 Å². The van der Waals surface area contributed by atoms with Gasteiger partial charge in [-0.3, -0.25) is 9.59 Å². The Hall–Kier alpha value is -1.12. The summed E-state index contributed by atoms with van der Waals surface area (Å²) in [5.74, 6) is 2.99. The molecular formula is C14H14O3. The first kappa shape index (κ1) is 8.90. The molecule has 88 valence electrons. The number of carbonyl (C=O) groups excluding carboxylic acids is 2. The minimum Gasteiger partial charge on any atom is -0.393 e. The summed E-state index contributed by atoms with van der Waals surface area (Å²) in [4.78, 5) is 23.6. The molecular weight excluding hydrogens is 216 g/mol. The molecule has 0 aromatic carbocycles. The van der Waals surface area contributed by atoms with Gasteiger partial charge in [-0.05, 0) is 48.3 Å². The normalized spacial score (nSPS) is 60.9. The smallest absolute Gasteiger partial charge is 0.317 e. The number of cyclic esters (lactones) is 2. The topological polar surface area (TPSA) is 43.4 Å². The van der Waals surface area contributed by atoms with E-state index in [0.717, 1.165) is 6.42 Å². The molecule has 3 saturated carbocycles. The van der Waals surface area contributed by atoms with Crippen LogP contribution in [0.25, 0.3) is 0 Å². The molecule has 4 fully saturated rings. The fourth-order valence-electron chi connectivity index (χ4n) is 5.92. The van der Waals surface area contributed by atoms with Gasteiger partial charge in [0.05, 0.1) is 11.8 Å². The van der Waals surface area contributed by atoms with E-state index in [1.807, 2.05) is 0 Å². The molecule has 5 aliphatic rings. The number of fused-ring (bicyclic) bond motifs is 12. The second kappa shape index (κ2) is 2.50. The van der Waals surface area contributed by atoms with Crippen molar-refractivity contribution < 1.29 is 14.3 Å². The highest BCUT2D eigenvalue weighted by Gasteiger charge is 2.70. The lowest BCUT2D eigenvalue weighted by molar-refractivity contribution is -0.154. The molecule has 0 amide bonds. The molecule has 0 radical (unpaired) electrons. The third-order valence-corrected chi connectivity index (χ3v) is 6.17. The summed E-state index contributed by atoms with van der Waals surface area (Å²) in [5.41, 5.74) is 0. The summed E-state index contributed by atoms with van der Waals surface area (Å²) in [5, 5.41) is 0. The standard InChI is InChI=1S/C14H14O3/c15-13-11-7-4-8(12(11)14(16)17-13)10-6-2-1-5(3-6)9(7)10/h1-2,5-12H,3-4H2/t5-,6+,7?,8?,9?,10?,11+,12-. The van der Waals surface area contributed by atoms with Gasteiger partial charge in [0.25, 0.3) is 0 Å². The molecule has 1 aliphatic heterocycles. The minimum atomic E-state index is -0.224. The van der Waals surface area contributed by atoms with E-state index in [2.05, 4.69) is 12.2 Å². The van der Waals surface area contributed by atoms with Gasteiger partial charge in [-0.1, -0.05) is 12.2 Å². The molecule has 8 atom stereocenters. The predicted octanol–water partition coefficient (Wildman–Crippen LogP) is 1.39. The lowest BCUT2D eigenvalue weighted by atomic mass is 9.65. The zero-order valence-corrected chi connectivity index (χ0v) is 9.41. The van der Waals surface area contributed by atoms with Crippen molar-refractivity contribution in [3.8, 4) is 0 Å². The molecule has 4 bridgehead atoms. The summed E-state index contributed by atoms with van der Waals surface area (Å²) >= 11 is 0. The van der Waals surface area contributed by atoms with Gasteiger partial charge in [-0.25, -0.2) is 0 Å². The molecule has 3 heteroatoms.